The Kier molecular flexibility index (Phi) is 13.7. The van der Waals surface area contributed by atoms with Crippen molar-refractivity contribution in [1.29, 1.82) is 0 Å². The van der Waals surface area contributed by atoms with Crippen molar-refractivity contribution in [3.05, 3.63) is 107 Å². The largest absolute Gasteiger partial charge is 0.458 e. The molecule has 2 saturated heterocycles. The van der Waals surface area contributed by atoms with Gasteiger partial charge in [-0.3, -0.25) is 14.4 Å². The van der Waals surface area contributed by atoms with E-state index in [4.69, 9.17) is 18.9 Å². The van der Waals surface area contributed by atoms with Crippen molar-refractivity contribution in [2.75, 3.05) is 30.9 Å². The number of rotatable bonds is 17. The van der Waals surface area contributed by atoms with Crippen LogP contribution < -0.4 is 9.62 Å². The average Bonchev–Trinajstić information content (AvgIpc) is 3.12. The van der Waals surface area contributed by atoms with Crippen LogP contribution in [0.2, 0.25) is 0 Å². The molecule has 2 fully saturated rings. The quantitative estimate of drug-likeness (QED) is 0.0875. The molecule has 0 unspecified atom stereocenters. The fourth-order valence-electron chi connectivity index (χ4n) is 7.00. The molecule has 1 N–H and O–H groups in total. The van der Waals surface area contributed by atoms with E-state index < -0.39 is 45.2 Å². The maximum atomic E-state index is 13.9. The van der Waals surface area contributed by atoms with Gasteiger partial charge in [0.2, 0.25) is 15.9 Å². The summed E-state index contributed by atoms with van der Waals surface area (Å²) >= 11 is 0. The molecule has 55 heavy (non-hydrogen) atoms. The number of esters is 2. The zero-order chi connectivity index (χ0) is 39.8. The number of sulfonamides is 1. The Bertz CT molecular complexity index is 1920. The van der Waals surface area contributed by atoms with Crippen LogP contribution in [0.15, 0.2) is 78.9 Å². The number of benzene rings is 3. The van der Waals surface area contributed by atoms with E-state index in [9.17, 15) is 27.2 Å². The molecule has 0 aliphatic carbocycles. The Morgan fingerprint density at radius 1 is 0.982 bits per heavy atom. The molecule has 1 amide bonds. The number of ether oxygens (including phenoxy) is 4. The van der Waals surface area contributed by atoms with Gasteiger partial charge in [0.1, 0.15) is 11.9 Å². The summed E-state index contributed by atoms with van der Waals surface area (Å²) in [5.74, 6) is -2.44. The first-order chi connectivity index (χ1) is 26.0. The number of anilines is 1. The summed E-state index contributed by atoms with van der Waals surface area (Å²) in [6.07, 6.45) is 7.76. The van der Waals surface area contributed by atoms with Gasteiger partial charge in [0.05, 0.1) is 31.4 Å². The minimum atomic E-state index is -3.25. The number of nitrogens with one attached hydrogen (secondary N) is 1. The van der Waals surface area contributed by atoms with Gasteiger partial charge in [0.15, 0.2) is 11.4 Å². The molecule has 3 atom stereocenters. The summed E-state index contributed by atoms with van der Waals surface area (Å²) in [5.41, 5.74) is 3.45. The van der Waals surface area contributed by atoms with Gasteiger partial charge in [0.25, 0.3) is 0 Å². The Hall–Kier alpha value is -4.43. The second-order valence-corrected chi connectivity index (χ2v) is 16.6. The highest BCUT2D eigenvalue weighted by Crippen LogP contribution is 2.47. The number of allylic oxidation sites excluding steroid dienone is 1. The highest BCUT2D eigenvalue weighted by molar-refractivity contribution is 7.88. The summed E-state index contributed by atoms with van der Waals surface area (Å²) in [7, 11) is -3.25. The summed E-state index contributed by atoms with van der Waals surface area (Å²) in [4.78, 5) is 39.6. The zero-order valence-electron chi connectivity index (χ0n) is 32.1. The molecule has 0 bridgehead atoms. The molecule has 0 radical (unpaired) electrons. The first kappa shape index (κ1) is 41.7. The Balaban J connectivity index is 1.31. The van der Waals surface area contributed by atoms with Gasteiger partial charge in [-0.05, 0) is 98.9 Å². The lowest BCUT2D eigenvalue weighted by atomic mass is 9.78. The van der Waals surface area contributed by atoms with E-state index in [0.29, 0.717) is 50.6 Å². The van der Waals surface area contributed by atoms with Crippen molar-refractivity contribution < 1.29 is 46.1 Å². The average molecular weight is 779 g/mol. The first-order valence-corrected chi connectivity index (χ1v) is 20.5. The number of carbonyl (C=O) groups excluding carboxylic acids is 3. The van der Waals surface area contributed by atoms with E-state index in [-0.39, 0.29) is 31.1 Å². The molecule has 2 aliphatic heterocycles. The SMILES string of the molecule is CC(=O)O[C@@H](CC[C@H]1C(=O)N(c2ccc(CCCNS(C)(=O)=O)cc2)[C@@H]1c1ccc(/C=C/CCC2(OC(C)=O)COC(C)(C)OC2)cc1)c1ccc(F)cc1. The van der Waals surface area contributed by atoms with Crippen LogP contribution in [0.5, 0.6) is 0 Å². The monoisotopic (exact) mass is 778 g/mol. The van der Waals surface area contributed by atoms with Gasteiger partial charge >= 0.3 is 11.9 Å². The maximum Gasteiger partial charge on any atom is 0.303 e. The van der Waals surface area contributed by atoms with Crippen molar-refractivity contribution in [3.63, 3.8) is 0 Å². The van der Waals surface area contributed by atoms with Crippen LogP contribution in [-0.4, -0.2) is 63.7 Å². The van der Waals surface area contributed by atoms with Crippen molar-refractivity contribution in [2.24, 2.45) is 5.92 Å². The number of carbonyl (C=O) groups is 3. The van der Waals surface area contributed by atoms with Gasteiger partial charge < -0.3 is 23.8 Å². The highest BCUT2D eigenvalue weighted by atomic mass is 32.2. The smallest absolute Gasteiger partial charge is 0.303 e. The van der Waals surface area contributed by atoms with Gasteiger partial charge in [0, 0.05) is 26.1 Å². The van der Waals surface area contributed by atoms with Crippen LogP contribution in [0.25, 0.3) is 6.08 Å². The lowest BCUT2D eigenvalue weighted by Crippen LogP contribution is -2.55. The number of β-lactam (4-membered cyclic amide) rings is 1. The molecule has 2 heterocycles. The Morgan fingerprint density at radius 2 is 1.64 bits per heavy atom. The van der Waals surface area contributed by atoms with Gasteiger partial charge in [-0.25, -0.2) is 17.5 Å². The zero-order valence-corrected chi connectivity index (χ0v) is 32.9. The number of hydrogen-bond donors (Lipinski definition) is 1. The second-order valence-electron chi connectivity index (χ2n) is 14.8. The Morgan fingerprint density at radius 3 is 2.24 bits per heavy atom. The maximum absolute atomic E-state index is 13.9. The minimum absolute atomic E-state index is 0.0551. The third kappa shape index (κ3) is 11.8. The molecular weight excluding hydrogens is 728 g/mol. The molecule has 3 aromatic carbocycles. The van der Waals surface area contributed by atoms with E-state index in [0.717, 1.165) is 28.6 Å². The molecule has 5 rings (SSSR count). The highest BCUT2D eigenvalue weighted by Gasteiger charge is 2.48. The topological polar surface area (TPSA) is 138 Å². The summed E-state index contributed by atoms with van der Waals surface area (Å²) < 4.78 is 61.9. The number of amides is 1. The summed E-state index contributed by atoms with van der Waals surface area (Å²) in [5, 5.41) is 0. The third-order valence-corrected chi connectivity index (χ3v) is 10.5. The molecule has 11 nitrogen and oxygen atoms in total. The van der Waals surface area contributed by atoms with Crippen LogP contribution in [-0.2, 0) is 49.8 Å². The van der Waals surface area contributed by atoms with E-state index in [1.165, 1.54) is 26.0 Å². The molecule has 3 aromatic rings. The molecule has 0 spiro atoms. The van der Waals surface area contributed by atoms with Crippen LogP contribution in [0.3, 0.4) is 0 Å². The lowest BCUT2D eigenvalue weighted by molar-refractivity contribution is -0.305. The fraction of sp³-hybridized carbons (Fsp3) is 0.452. The van der Waals surface area contributed by atoms with E-state index in [1.54, 1.807) is 17.0 Å². The van der Waals surface area contributed by atoms with Gasteiger partial charge in [-0.2, -0.15) is 0 Å². The van der Waals surface area contributed by atoms with E-state index in [2.05, 4.69) is 4.72 Å². The number of nitrogens with zero attached hydrogens (tertiary/aromatic N) is 1. The number of aryl methyl sites for hydroxylation is 1. The van der Waals surface area contributed by atoms with Crippen molar-refractivity contribution in [2.45, 2.75) is 89.8 Å². The van der Waals surface area contributed by atoms with Gasteiger partial charge in [-0.1, -0.05) is 60.7 Å². The Labute approximate surface area is 323 Å². The van der Waals surface area contributed by atoms with E-state index >= 15 is 0 Å². The van der Waals surface area contributed by atoms with Crippen LogP contribution in [0.4, 0.5) is 10.1 Å². The van der Waals surface area contributed by atoms with Gasteiger partial charge in [-0.15, -0.1) is 0 Å². The summed E-state index contributed by atoms with van der Waals surface area (Å²) in [6, 6.07) is 21.3. The molecule has 0 saturated carbocycles. The first-order valence-electron chi connectivity index (χ1n) is 18.6. The standard InChI is InChI=1S/C42H51FN2O9S/c1-29(46)53-38(33-17-19-35(43)20-18-33)24-23-37-39(45(40(37)48)36-21-13-32(14-22-36)10-8-26-44-55(5,49)50)34-15-11-31(12-16-34)9-6-7-25-42(54-30(2)47)27-51-41(3,4)52-28-42/h6,9,11-22,37-39,44H,7-8,10,23-28H2,1-5H3/b9-6+/t37-,38+,39-/m1/s1. The summed E-state index contributed by atoms with van der Waals surface area (Å²) in [6.45, 7) is 7.19. The minimum Gasteiger partial charge on any atom is -0.458 e. The predicted octanol–water partition coefficient (Wildman–Crippen LogP) is 6.97. The van der Waals surface area contributed by atoms with Crippen LogP contribution in [0, 0.1) is 11.7 Å². The normalized spacial score (nSPS) is 19.8. The molecule has 296 valence electrons. The predicted molar refractivity (Wildman–Crippen MR) is 207 cm³/mol. The third-order valence-electron chi connectivity index (χ3n) is 9.81. The lowest BCUT2D eigenvalue weighted by Gasteiger charge is -2.48. The fourth-order valence-corrected chi connectivity index (χ4v) is 7.51. The van der Waals surface area contributed by atoms with Crippen LogP contribution >= 0.6 is 0 Å². The molecule has 0 aromatic heterocycles. The molecular formula is C42H51FN2O9S. The molecule has 2 aliphatic rings. The van der Waals surface area contributed by atoms with Crippen LogP contribution in [0.1, 0.15) is 94.2 Å². The van der Waals surface area contributed by atoms with Crippen molar-refractivity contribution in [3.8, 4) is 0 Å². The van der Waals surface area contributed by atoms with E-state index in [1.807, 2.05) is 74.5 Å². The van der Waals surface area contributed by atoms with Crippen molar-refractivity contribution >= 4 is 39.6 Å². The molecule has 13 heteroatoms. The number of hydrogen-bond acceptors (Lipinski definition) is 9. The number of halogens is 1. The van der Waals surface area contributed by atoms with Crippen molar-refractivity contribution in [1.82, 2.24) is 4.72 Å². The second kappa shape index (κ2) is 18.0.